The first kappa shape index (κ1) is 13.9. The monoisotopic (exact) mass is 253 g/mol. The molecule has 0 aliphatic heterocycles. The summed E-state index contributed by atoms with van der Waals surface area (Å²) in [5, 5.41) is 21.2. The molecule has 0 spiro atoms. The van der Waals surface area contributed by atoms with E-state index in [2.05, 4.69) is 13.8 Å². The van der Waals surface area contributed by atoms with Crippen molar-refractivity contribution in [1.82, 2.24) is 0 Å². The second-order valence-electron chi connectivity index (χ2n) is 6.70. The molecule has 5 atom stereocenters. The number of hydrogen-bond donors (Lipinski definition) is 1. The van der Waals surface area contributed by atoms with Gasteiger partial charge in [0.15, 0.2) is 6.21 Å². The van der Waals surface area contributed by atoms with Crippen LogP contribution in [0, 0.1) is 28.4 Å². The van der Waals surface area contributed by atoms with E-state index >= 15 is 0 Å². The van der Waals surface area contributed by atoms with Gasteiger partial charge >= 0.3 is 0 Å². The molecule has 0 amide bonds. The van der Waals surface area contributed by atoms with E-state index in [9.17, 15) is 10.3 Å². The molecule has 18 heavy (non-hydrogen) atoms. The van der Waals surface area contributed by atoms with Crippen LogP contribution in [-0.2, 0) is 0 Å². The molecule has 0 aromatic rings. The highest BCUT2D eigenvalue weighted by atomic mass is 16.5. The minimum atomic E-state index is -0.0906. The predicted molar refractivity (Wildman–Crippen MR) is 73.6 cm³/mol. The zero-order valence-corrected chi connectivity index (χ0v) is 11.9. The van der Waals surface area contributed by atoms with E-state index in [4.69, 9.17) is 0 Å². The van der Waals surface area contributed by atoms with Gasteiger partial charge in [-0.2, -0.15) is 0 Å². The topological polar surface area (TPSA) is 46.3 Å². The van der Waals surface area contributed by atoms with Gasteiger partial charge in [-0.05, 0) is 48.9 Å². The van der Waals surface area contributed by atoms with E-state index in [1.807, 2.05) is 0 Å². The fourth-order valence-electron chi connectivity index (χ4n) is 4.60. The number of aliphatic hydroxyl groups is 1. The summed E-state index contributed by atoms with van der Waals surface area (Å²) in [5.41, 5.74) is 0.298. The van der Waals surface area contributed by atoms with E-state index < -0.39 is 0 Å². The van der Waals surface area contributed by atoms with Crippen molar-refractivity contribution in [3.05, 3.63) is 5.21 Å². The Balaban J connectivity index is 2.08. The first-order valence-corrected chi connectivity index (χ1v) is 7.36. The molecule has 0 unspecified atom stereocenters. The Bertz CT molecular complexity index is 324. The number of nitrogens with zero attached hydrogens (tertiary/aromatic N) is 1. The van der Waals surface area contributed by atoms with Gasteiger partial charge in [0.05, 0.1) is 6.10 Å². The third kappa shape index (κ3) is 2.42. The van der Waals surface area contributed by atoms with Crippen molar-refractivity contribution < 1.29 is 9.85 Å². The molecule has 0 radical (unpaired) electrons. The lowest BCUT2D eigenvalue weighted by Crippen LogP contribution is -2.41. The Kier molecular flexibility index (Phi) is 4.00. The van der Waals surface area contributed by atoms with Gasteiger partial charge in [-0.15, -0.1) is 0 Å². The lowest BCUT2D eigenvalue weighted by Gasteiger charge is -2.45. The third-order valence-electron chi connectivity index (χ3n) is 5.58. The zero-order chi connectivity index (χ0) is 13.3. The van der Waals surface area contributed by atoms with Crippen molar-refractivity contribution in [1.29, 1.82) is 0 Å². The quantitative estimate of drug-likeness (QED) is 0.364. The molecule has 104 valence electrons. The van der Waals surface area contributed by atoms with E-state index in [0.717, 1.165) is 24.0 Å². The summed E-state index contributed by atoms with van der Waals surface area (Å²) in [4.78, 5) is 0. The summed E-state index contributed by atoms with van der Waals surface area (Å²) in [6.07, 6.45) is 8.29. The Labute approximate surface area is 110 Å². The van der Waals surface area contributed by atoms with Gasteiger partial charge in [0, 0.05) is 6.42 Å². The molecule has 2 aliphatic rings. The predicted octanol–water partition coefficient (Wildman–Crippen LogP) is 2.80. The van der Waals surface area contributed by atoms with Crippen LogP contribution in [-0.4, -0.2) is 29.2 Å². The summed E-state index contributed by atoms with van der Waals surface area (Å²) in [5.74, 6) is 1.69. The molecule has 3 heteroatoms. The zero-order valence-electron chi connectivity index (χ0n) is 11.9. The summed E-state index contributed by atoms with van der Waals surface area (Å²) >= 11 is 0. The molecule has 2 fully saturated rings. The SMILES string of the molecule is C[C@H](C/C=[N+](\C)[O-])[C@H]1CC[C@@H]2[C@@H](O)CCC[C@]12C. The van der Waals surface area contributed by atoms with Gasteiger partial charge in [-0.1, -0.05) is 20.3 Å². The average Bonchev–Trinajstić information content (AvgIpc) is 2.64. The molecule has 1 N–H and O–H groups in total. The molecule has 3 nitrogen and oxygen atoms in total. The van der Waals surface area contributed by atoms with Gasteiger partial charge in [0.1, 0.15) is 7.05 Å². The molecule has 0 saturated heterocycles. The second kappa shape index (κ2) is 5.20. The maximum absolute atomic E-state index is 11.0. The van der Waals surface area contributed by atoms with Crippen LogP contribution in [0.1, 0.15) is 52.4 Å². The Hall–Kier alpha value is -0.570. The first-order chi connectivity index (χ1) is 8.45. The summed E-state index contributed by atoms with van der Waals surface area (Å²) < 4.78 is 0.918. The van der Waals surface area contributed by atoms with E-state index in [-0.39, 0.29) is 6.10 Å². The molecule has 2 rings (SSSR count). The van der Waals surface area contributed by atoms with E-state index in [1.54, 1.807) is 13.3 Å². The van der Waals surface area contributed by atoms with E-state index in [0.29, 0.717) is 23.2 Å². The Morgan fingerprint density at radius 3 is 2.83 bits per heavy atom. The van der Waals surface area contributed by atoms with Crippen LogP contribution >= 0.6 is 0 Å². The van der Waals surface area contributed by atoms with Crippen molar-refractivity contribution in [2.75, 3.05) is 7.05 Å². The maximum atomic E-state index is 11.0. The van der Waals surface area contributed by atoms with Crippen LogP contribution in [0.3, 0.4) is 0 Å². The molecule has 0 bridgehead atoms. The highest BCUT2D eigenvalue weighted by Gasteiger charge is 2.52. The number of fused-ring (bicyclic) bond motifs is 1. The van der Waals surface area contributed by atoms with Gasteiger partial charge in [-0.3, -0.25) is 0 Å². The van der Waals surface area contributed by atoms with Crippen molar-refractivity contribution in [3.63, 3.8) is 0 Å². The second-order valence-corrected chi connectivity index (χ2v) is 6.70. The molecule has 0 aromatic carbocycles. The van der Waals surface area contributed by atoms with E-state index in [1.165, 1.54) is 19.3 Å². The van der Waals surface area contributed by atoms with Crippen molar-refractivity contribution in [2.24, 2.45) is 23.2 Å². The largest absolute Gasteiger partial charge is 0.624 e. The molecule has 0 heterocycles. The summed E-state index contributed by atoms with van der Waals surface area (Å²) in [6.45, 7) is 4.63. The lowest BCUT2D eigenvalue weighted by molar-refractivity contribution is -0.418. The fraction of sp³-hybridized carbons (Fsp3) is 0.933. The van der Waals surface area contributed by atoms with Crippen LogP contribution in [0.2, 0.25) is 0 Å². The van der Waals surface area contributed by atoms with Gasteiger partial charge in [-0.25, -0.2) is 4.74 Å². The number of aliphatic hydroxyl groups excluding tert-OH is 1. The Morgan fingerprint density at radius 2 is 2.17 bits per heavy atom. The van der Waals surface area contributed by atoms with Crippen LogP contribution in [0.5, 0.6) is 0 Å². The highest BCUT2D eigenvalue weighted by Crippen LogP contribution is 2.57. The number of rotatable bonds is 3. The highest BCUT2D eigenvalue weighted by molar-refractivity contribution is 5.51. The molecule has 0 aromatic heterocycles. The number of hydroxylamine groups is 1. The van der Waals surface area contributed by atoms with Crippen LogP contribution < -0.4 is 0 Å². The minimum Gasteiger partial charge on any atom is -0.624 e. The van der Waals surface area contributed by atoms with Gasteiger partial charge in [0.2, 0.25) is 0 Å². The lowest BCUT2D eigenvalue weighted by atomic mass is 9.61. The molecular formula is C15H27NO2. The smallest absolute Gasteiger partial charge is 0.150 e. The van der Waals surface area contributed by atoms with Crippen LogP contribution in [0.15, 0.2) is 0 Å². The maximum Gasteiger partial charge on any atom is 0.150 e. The van der Waals surface area contributed by atoms with Gasteiger partial charge < -0.3 is 10.3 Å². The Morgan fingerprint density at radius 1 is 1.44 bits per heavy atom. The van der Waals surface area contributed by atoms with Crippen LogP contribution in [0.4, 0.5) is 0 Å². The molecule has 2 aliphatic carbocycles. The summed E-state index contributed by atoms with van der Waals surface area (Å²) in [7, 11) is 1.55. The van der Waals surface area contributed by atoms with Crippen molar-refractivity contribution in [3.8, 4) is 0 Å². The molecular weight excluding hydrogens is 226 g/mol. The van der Waals surface area contributed by atoms with Gasteiger partial charge in [0.25, 0.3) is 0 Å². The normalized spacial score (nSPS) is 42.7. The standard InChI is InChI=1S/C15H27NO2/c1-11(8-10-16(3)18)12-6-7-13-14(17)5-4-9-15(12,13)2/h10-14,17H,4-9H2,1-3H3/b16-10+/t11-,12-,13-,14+,15-/m1/s1. The summed E-state index contributed by atoms with van der Waals surface area (Å²) in [6, 6.07) is 0. The minimum absolute atomic E-state index is 0.0906. The van der Waals surface area contributed by atoms with Crippen molar-refractivity contribution >= 4 is 6.21 Å². The first-order valence-electron chi connectivity index (χ1n) is 7.36. The number of hydrogen-bond acceptors (Lipinski definition) is 2. The van der Waals surface area contributed by atoms with Crippen molar-refractivity contribution in [2.45, 2.75) is 58.5 Å². The molecule has 2 saturated carbocycles. The van der Waals surface area contributed by atoms with Crippen LogP contribution in [0.25, 0.3) is 0 Å². The average molecular weight is 253 g/mol. The third-order valence-corrected chi connectivity index (χ3v) is 5.58. The fourth-order valence-corrected chi connectivity index (χ4v) is 4.60.